The topological polar surface area (TPSA) is 20.2 Å². The fraction of sp³-hybridized carbons (Fsp3) is 0.647. The Morgan fingerprint density at radius 1 is 0.944 bits per heavy atom. The molecule has 18 heavy (non-hydrogen) atoms. The van der Waals surface area contributed by atoms with Crippen molar-refractivity contribution in [3.05, 3.63) is 34.4 Å². The van der Waals surface area contributed by atoms with Crippen molar-refractivity contribution in [1.29, 1.82) is 0 Å². The van der Waals surface area contributed by atoms with E-state index < -0.39 is 0 Å². The Labute approximate surface area is 112 Å². The Morgan fingerprint density at radius 3 is 1.78 bits per heavy atom. The number of aliphatic hydroxyl groups is 1. The Kier molecular flexibility index (Phi) is 5.87. The van der Waals surface area contributed by atoms with E-state index in [1.165, 1.54) is 16.7 Å². The van der Waals surface area contributed by atoms with E-state index in [4.69, 9.17) is 0 Å². The second kappa shape index (κ2) is 6.94. The summed E-state index contributed by atoms with van der Waals surface area (Å²) in [6.07, 6.45) is 4.21. The zero-order valence-electron chi connectivity index (χ0n) is 12.6. The van der Waals surface area contributed by atoms with Crippen molar-refractivity contribution in [1.82, 2.24) is 0 Å². The van der Waals surface area contributed by atoms with Gasteiger partial charge < -0.3 is 5.11 Å². The molecule has 0 heterocycles. The highest BCUT2D eigenvalue weighted by Crippen LogP contribution is 2.33. The van der Waals surface area contributed by atoms with Gasteiger partial charge in [0.15, 0.2) is 0 Å². The summed E-state index contributed by atoms with van der Waals surface area (Å²) in [5, 5.41) is 10.7. The van der Waals surface area contributed by atoms with Crippen LogP contribution in [-0.2, 0) is 0 Å². The van der Waals surface area contributed by atoms with E-state index in [2.05, 4.69) is 46.8 Å². The molecule has 0 fully saturated rings. The molecule has 1 atom stereocenters. The van der Waals surface area contributed by atoms with E-state index in [1.807, 2.05) is 0 Å². The summed E-state index contributed by atoms with van der Waals surface area (Å²) >= 11 is 0. The first-order valence-corrected chi connectivity index (χ1v) is 7.27. The van der Waals surface area contributed by atoms with Gasteiger partial charge in [0.05, 0.1) is 6.10 Å². The lowest BCUT2D eigenvalue weighted by molar-refractivity contribution is 0.0953. The Hall–Kier alpha value is -0.820. The van der Waals surface area contributed by atoms with Crippen LogP contribution in [0.2, 0.25) is 0 Å². The molecular weight excluding hydrogens is 220 g/mol. The van der Waals surface area contributed by atoms with Gasteiger partial charge in [-0.15, -0.1) is 0 Å². The molecule has 0 aromatic heterocycles. The van der Waals surface area contributed by atoms with Crippen LogP contribution >= 0.6 is 0 Å². The maximum Gasteiger partial charge on any atom is 0.0823 e. The van der Waals surface area contributed by atoms with E-state index in [0.717, 1.165) is 31.2 Å². The van der Waals surface area contributed by atoms with Gasteiger partial charge in [0.2, 0.25) is 0 Å². The van der Waals surface area contributed by atoms with Crippen LogP contribution in [0.25, 0.3) is 0 Å². The average Bonchev–Trinajstić information content (AvgIpc) is 2.27. The fourth-order valence-corrected chi connectivity index (χ4v) is 3.10. The third-order valence-corrected chi connectivity index (χ3v) is 3.80. The van der Waals surface area contributed by atoms with Crippen molar-refractivity contribution in [2.24, 2.45) is 5.92 Å². The molecule has 0 bridgehead atoms. The summed E-state index contributed by atoms with van der Waals surface area (Å²) in [5.41, 5.74) is 4.91. The molecule has 1 nitrogen and oxygen atoms in total. The minimum atomic E-state index is -0.300. The molecule has 1 N–H and O–H groups in total. The third kappa shape index (κ3) is 3.58. The molecule has 1 rings (SSSR count). The van der Waals surface area contributed by atoms with Crippen molar-refractivity contribution in [3.8, 4) is 0 Å². The number of hydrogen-bond donors (Lipinski definition) is 1. The number of rotatable bonds is 6. The molecule has 0 saturated heterocycles. The van der Waals surface area contributed by atoms with E-state index in [0.29, 0.717) is 5.92 Å². The Bertz CT molecular complexity index is 352. The Morgan fingerprint density at radius 2 is 1.39 bits per heavy atom. The Balaban J connectivity index is 3.03. The second-order valence-corrected chi connectivity index (χ2v) is 5.59. The standard InChI is InChI=1S/C17H28O/c1-6-8-15(9-7-2)17(18)16-13(4)10-12(3)11-14(16)5/h10-11,15,17-18H,6-9H2,1-5H3. The molecule has 0 saturated carbocycles. The molecule has 1 aromatic rings. The largest absolute Gasteiger partial charge is 0.388 e. The molecule has 0 amide bonds. The van der Waals surface area contributed by atoms with Gasteiger partial charge in [-0.05, 0) is 56.2 Å². The SMILES string of the molecule is CCCC(CCC)C(O)c1c(C)cc(C)cc1C. The van der Waals surface area contributed by atoms with E-state index in [1.54, 1.807) is 0 Å². The number of benzene rings is 1. The highest BCUT2D eigenvalue weighted by atomic mass is 16.3. The quantitative estimate of drug-likeness (QED) is 0.762. The first kappa shape index (κ1) is 15.2. The predicted molar refractivity (Wildman–Crippen MR) is 78.9 cm³/mol. The van der Waals surface area contributed by atoms with Gasteiger partial charge >= 0.3 is 0 Å². The van der Waals surface area contributed by atoms with Crippen LogP contribution in [0.3, 0.4) is 0 Å². The lowest BCUT2D eigenvalue weighted by atomic mass is 9.84. The monoisotopic (exact) mass is 248 g/mol. The van der Waals surface area contributed by atoms with Crippen LogP contribution in [0, 0.1) is 26.7 Å². The van der Waals surface area contributed by atoms with E-state index in [9.17, 15) is 5.11 Å². The van der Waals surface area contributed by atoms with Gasteiger partial charge in [-0.2, -0.15) is 0 Å². The van der Waals surface area contributed by atoms with E-state index in [-0.39, 0.29) is 6.10 Å². The van der Waals surface area contributed by atoms with Crippen LogP contribution in [0.5, 0.6) is 0 Å². The minimum Gasteiger partial charge on any atom is -0.388 e. The van der Waals surface area contributed by atoms with Crippen molar-refractivity contribution in [2.45, 2.75) is 66.4 Å². The highest BCUT2D eigenvalue weighted by Gasteiger charge is 2.22. The van der Waals surface area contributed by atoms with E-state index >= 15 is 0 Å². The first-order chi connectivity index (χ1) is 8.51. The number of aryl methyl sites for hydroxylation is 3. The maximum absolute atomic E-state index is 10.7. The van der Waals surface area contributed by atoms with Crippen molar-refractivity contribution in [2.75, 3.05) is 0 Å². The molecule has 0 aliphatic carbocycles. The molecule has 0 radical (unpaired) electrons. The van der Waals surface area contributed by atoms with Crippen LogP contribution in [0.1, 0.15) is 67.9 Å². The van der Waals surface area contributed by atoms with Gasteiger partial charge in [0.1, 0.15) is 0 Å². The fourth-order valence-electron chi connectivity index (χ4n) is 3.10. The van der Waals surface area contributed by atoms with Crippen LogP contribution in [0.4, 0.5) is 0 Å². The summed E-state index contributed by atoms with van der Waals surface area (Å²) < 4.78 is 0. The molecule has 1 aromatic carbocycles. The van der Waals surface area contributed by atoms with Gasteiger partial charge in [0.25, 0.3) is 0 Å². The molecule has 0 spiro atoms. The average molecular weight is 248 g/mol. The molecular formula is C17H28O. The smallest absolute Gasteiger partial charge is 0.0823 e. The third-order valence-electron chi connectivity index (χ3n) is 3.80. The normalized spacial score (nSPS) is 13.1. The van der Waals surface area contributed by atoms with Gasteiger partial charge in [-0.25, -0.2) is 0 Å². The zero-order chi connectivity index (χ0) is 13.7. The van der Waals surface area contributed by atoms with Crippen LogP contribution in [0.15, 0.2) is 12.1 Å². The molecule has 102 valence electrons. The number of aliphatic hydroxyl groups excluding tert-OH is 1. The lowest BCUT2D eigenvalue weighted by Gasteiger charge is -2.25. The van der Waals surface area contributed by atoms with Crippen LogP contribution in [-0.4, -0.2) is 5.11 Å². The van der Waals surface area contributed by atoms with Crippen molar-refractivity contribution < 1.29 is 5.11 Å². The van der Waals surface area contributed by atoms with Gasteiger partial charge in [0, 0.05) is 0 Å². The highest BCUT2D eigenvalue weighted by molar-refractivity contribution is 5.39. The molecule has 1 unspecified atom stereocenters. The summed E-state index contributed by atoms with van der Waals surface area (Å²) in [5.74, 6) is 0.403. The molecule has 0 aliphatic rings. The summed E-state index contributed by atoms with van der Waals surface area (Å²) in [6, 6.07) is 4.36. The summed E-state index contributed by atoms with van der Waals surface area (Å²) in [7, 11) is 0. The van der Waals surface area contributed by atoms with Gasteiger partial charge in [-0.3, -0.25) is 0 Å². The second-order valence-electron chi connectivity index (χ2n) is 5.59. The minimum absolute atomic E-state index is 0.300. The van der Waals surface area contributed by atoms with Gasteiger partial charge in [-0.1, -0.05) is 44.4 Å². The predicted octanol–water partition coefficient (Wildman–Crippen LogP) is 4.86. The van der Waals surface area contributed by atoms with Crippen molar-refractivity contribution >= 4 is 0 Å². The zero-order valence-corrected chi connectivity index (χ0v) is 12.6. The molecule has 1 heteroatoms. The summed E-state index contributed by atoms with van der Waals surface area (Å²) in [4.78, 5) is 0. The summed E-state index contributed by atoms with van der Waals surface area (Å²) in [6.45, 7) is 10.8. The molecule has 0 aliphatic heterocycles. The van der Waals surface area contributed by atoms with Crippen molar-refractivity contribution in [3.63, 3.8) is 0 Å². The lowest BCUT2D eigenvalue weighted by Crippen LogP contribution is -2.15. The number of hydrogen-bond acceptors (Lipinski definition) is 1. The first-order valence-electron chi connectivity index (χ1n) is 7.27. The maximum atomic E-state index is 10.7. The van der Waals surface area contributed by atoms with Crippen LogP contribution < -0.4 is 0 Å².